The Morgan fingerprint density at radius 2 is 2.00 bits per heavy atom. The molecular weight excluding hydrogens is 315 g/mol. The van der Waals surface area contributed by atoms with Crippen LogP contribution in [0.25, 0.3) is 0 Å². The molecular formula is C16H19FN4O3. The average Bonchev–Trinajstić information content (AvgIpc) is 2.97. The fourth-order valence-corrected chi connectivity index (χ4v) is 2.02. The van der Waals surface area contributed by atoms with E-state index in [1.54, 1.807) is 0 Å². The number of benzene rings is 1. The van der Waals surface area contributed by atoms with Crippen LogP contribution in [0.3, 0.4) is 0 Å². The molecule has 1 heterocycles. The molecule has 2 aromatic rings. The minimum absolute atomic E-state index is 0.130. The topological polar surface area (TPSA) is 97.1 Å². The van der Waals surface area contributed by atoms with Gasteiger partial charge < -0.3 is 10.4 Å². The molecule has 2 rings (SSSR count). The van der Waals surface area contributed by atoms with Gasteiger partial charge in [0, 0.05) is 0 Å². The number of carbonyl (C=O) groups excluding carboxylic acids is 1. The van der Waals surface area contributed by atoms with E-state index in [1.165, 1.54) is 36.1 Å². The highest BCUT2D eigenvalue weighted by Gasteiger charge is 2.26. The summed E-state index contributed by atoms with van der Waals surface area (Å²) in [5, 5.41) is 15.8. The fraction of sp³-hybridized carbons (Fsp3) is 0.375. The van der Waals surface area contributed by atoms with E-state index in [-0.39, 0.29) is 16.9 Å². The summed E-state index contributed by atoms with van der Waals surface area (Å²) in [4.78, 5) is 27.6. The van der Waals surface area contributed by atoms with E-state index in [1.807, 2.05) is 20.8 Å². The van der Waals surface area contributed by atoms with Gasteiger partial charge in [-0.3, -0.25) is 4.79 Å². The first-order valence-electron chi connectivity index (χ1n) is 7.31. The van der Waals surface area contributed by atoms with Crippen LogP contribution in [0.4, 0.5) is 4.39 Å². The maximum Gasteiger partial charge on any atom is 0.330 e. The Morgan fingerprint density at radius 3 is 2.50 bits per heavy atom. The molecule has 1 unspecified atom stereocenters. The number of carboxylic acids is 1. The lowest BCUT2D eigenvalue weighted by atomic mass is 10.0. The lowest BCUT2D eigenvalue weighted by Gasteiger charge is -2.18. The molecule has 1 aromatic heterocycles. The maximum absolute atomic E-state index is 13.3. The molecule has 2 N–H and O–H groups in total. The summed E-state index contributed by atoms with van der Waals surface area (Å²) in [7, 11) is 0. The van der Waals surface area contributed by atoms with Crippen LogP contribution in [0, 0.1) is 12.7 Å². The van der Waals surface area contributed by atoms with Gasteiger partial charge in [0.25, 0.3) is 5.91 Å². The van der Waals surface area contributed by atoms with Gasteiger partial charge in [0.15, 0.2) is 6.04 Å². The number of rotatable bonds is 4. The Kier molecular flexibility index (Phi) is 4.68. The van der Waals surface area contributed by atoms with Crippen molar-refractivity contribution in [3.05, 3.63) is 47.3 Å². The number of aryl methyl sites for hydroxylation is 1. The van der Waals surface area contributed by atoms with Crippen molar-refractivity contribution in [3.8, 4) is 0 Å². The largest absolute Gasteiger partial charge is 0.479 e. The molecule has 0 radical (unpaired) electrons. The molecule has 8 heteroatoms. The van der Waals surface area contributed by atoms with Crippen molar-refractivity contribution in [1.82, 2.24) is 20.1 Å². The van der Waals surface area contributed by atoms with Gasteiger partial charge >= 0.3 is 5.97 Å². The van der Waals surface area contributed by atoms with Crippen molar-refractivity contribution in [2.24, 2.45) is 0 Å². The molecule has 0 saturated carbocycles. The summed E-state index contributed by atoms with van der Waals surface area (Å²) in [6.45, 7) is 7.20. The Labute approximate surface area is 138 Å². The minimum Gasteiger partial charge on any atom is -0.479 e. The third kappa shape index (κ3) is 3.76. The second-order valence-corrected chi connectivity index (χ2v) is 6.44. The van der Waals surface area contributed by atoms with Crippen molar-refractivity contribution in [3.63, 3.8) is 0 Å². The van der Waals surface area contributed by atoms with E-state index in [0.717, 1.165) is 0 Å². The van der Waals surface area contributed by atoms with E-state index >= 15 is 0 Å². The van der Waals surface area contributed by atoms with Crippen LogP contribution < -0.4 is 5.32 Å². The Hall–Kier alpha value is -2.77. The van der Waals surface area contributed by atoms with Crippen molar-refractivity contribution >= 4 is 11.9 Å². The number of hydrogen-bond donors (Lipinski definition) is 2. The molecule has 0 bridgehead atoms. The first kappa shape index (κ1) is 17.6. The lowest BCUT2D eigenvalue weighted by molar-refractivity contribution is -0.139. The zero-order valence-electron chi connectivity index (χ0n) is 13.9. The zero-order chi connectivity index (χ0) is 18.1. The standard InChI is InChI=1S/C16H19FN4O3/c1-9-7-10(5-6-11(9)17)12(15(23)24)19-14(22)13-18-8-21(20-13)16(2,3)4/h5-8,12H,1-4H3,(H,19,22)(H,23,24). The predicted molar refractivity (Wildman–Crippen MR) is 84.0 cm³/mol. The molecule has 1 aromatic carbocycles. The third-order valence-corrected chi connectivity index (χ3v) is 3.42. The normalized spacial score (nSPS) is 12.7. The van der Waals surface area contributed by atoms with Gasteiger partial charge in [0.2, 0.25) is 5.82 Å². The number of aromatic nitrogens is 3. The van der Waals surface area contributed by atoms with Gasteiger partial charge in [-0.1, -0.05) is 12.1 Å². The highest BCUT2D eigenvalue weighted by Crippen LogP contribution is 2.18. The number of nitrogens with zero attached hydrogens (tertiary/aromatic N) is 3. The van der Waals surface area contributed by atoms with E-state index in [0.29, 0.717) is 5.56 Å². The summed E-state index contributed by atoms with van der Waals surface area (Å²) in [5.74, 6) is -2.55. The molecule has 7 nitrogen and oxygen atoms in total. The van der Waals surface area contributed by atoms with Crippen LogP contribution in [0.1, 0.15) is 48.6 Å². The Balaban J connectivity index is 2.24. The number of hydrogen-bond acceptors (Lipinski definition) is 4. The van der Waals surface area contributed by atoms with Crippen molar-refractivity contribution < 1.29 is 19.1 Å². The van der Waals surface area contributed by atoms with Gasteiger partial charge in [-0.2, -0.15) is 0 Å². The number of carbonyl (C=O) groups is 2. The predicted octanol–water partition coefficient (Wildman–Crippen LogP) is 2.04. The molecule has 0 aliphatic rings. The van der Waals surface area contributed by atoms with E-state index < -0.39 is 23.7 Å². The Bertz CT molecular complexity index is 780. The van der Waals surface area contributed by atoms with Gasteiger partial charge in [0.05, 0.1) is 5.54 Å². The van der Waals surface area contributed by atoms with Crippen molar-refractivity contribution in [2.45, 2.75) is 39.3 Å². The van der Waals surface area contributed by atoms with Gasteiger partial charge in [-0.15, -0.1) is 5.10 Å². The minimum atomic E-state index is -1.32. The molecule has 0 aliphatic heterocycles. The molecule has 0 aliphatic carbocycles. The van der Waals surface area contributed by atoms with Gasteiger partial charge in [-0.25, -0.2) is 18.9 Å². The molecule has 0 spiro atoms. The quantitative estimate of drug-likeness (QED) is 0.892. The van der Waals surface area contributed by atoms with Crippen LogP contribution in [-0.2, 0) is 10.3 Å². The van der Waals surface area contributed by atoms with Crippen LogP contribution in [-0.4, -0.2) is 31.7 Å². The molecule has 128 valence electrons. The summed E-state index contributed by atoms with van der Waals surface area (Å²) in [6.07, 6.45) is 1.41. The fourth-order valence-electron chi connectivity index (χ4n) is 2.02. The van der Waals surface area contributed by atoms with E-state index in [2.05, 4.69) is 15.4 Å². The third-order valence-electron chi connectivity index (χ3n) is 3.42. The highest BCUT2D eigenvalue weighted by atomic mass is 19.1. The van der Waals surface area contributed by atoms with Crippen LogP contribution in [0.15, 0.2) is 24.5 Å². The SMILES string of the molecule is Cc1cc(C(NC(=O)c2ncn(C(C)(C)C)n2)C(=O)O)ccc1F. The molecule has 0 fully saturated rings. The number of nitrogens with one attached hydrogen (secondary N) is 1. The smallest absolute Gasteiger partial charge is 0.330 e. The van der Waals surface area contributed by atoms with E-state index in [4.69, 9.17) is 0 Å². The van der Waals surface area contributed by atoms with Crippen molar-refractivity contribution in [2.75, 3.05) is 0 Å². The maximum atomic E-state index is 13.3. The second-order valence-electron chi connectivity index (χ2n) is 6.44. The molecule has 0 saturated heterocycles. The number of carboxylic acid groups (broad SMARTS) is 1. The molecule has 1 atom stereocenters. The van der Waals surface area contributed by atoms with Gasteiger partial charge in [-0.05, 0) is 44.9 Å². The second kappa shape index (κ2) is 6.38. The lowest BCUT2D eigenvalue weighted by Crippen LogP contribution is -2.34. The molecule has 24 heavy (non-hydrogen) atoms. The van der Waals surface area contributed by atoms with Gasteiger partial charge in [0.1, 0.15) is 12.1 Å². The first-order valence-corrected chi connectivity index (χ1v) is 7.31. The summed E-state index contributed by atoms with van der Waals surface area (Å²) in [6, 6.07) is 2.55. The Morgan fingerprint density at radius 1 is 1.33 bits per heavy atom. The number of halogens is 1. The average molecular weight is 334 g/mol. The highest BCUT2D eigenvalue weighted by molar-refractivity contribution is 5.93. The van der Waals surface area contributed by atoms with Crippen LogP contribution in [0.2, 0.25) is 0 Å². The zero-order valence-corrected chi connectivity index (χ0v) is 13.9. The summed E-state index contributed by atoms with van der Waals surface area (Å²) < 4.78 is 14.9. The van der Waals surface area contributed by atoms with E-state index in [9.17, 15) is 19.1 Å². The summed E-state index contributed by atoms with van der Waals surface area (Å²) >= 11 is 0. The number of amides is 1. The van der Waals surface area contributed by atoms with Crippen molar-refractivity contribution in [1.29, 1.82) is 0 Å². The number of aliphatic carboxylic acids is 1. The van der Waals surface area contributed by atoms with Crippen LogP contribution >= 0.6 is 0 Å². The summed E-state index contributed by atoms with van der Waals surface area (Å²) in [5.41, 5.74) is 0.208. The molecule has 1 amide bonds. The van der Waals surface area contributed by atoms with Crippen LogP contribution in [0.5, 0.6) is 0 Å². The first-order chi connectivity index (χ1) is 11.1. The monoisotopic (exact) mass is 334 g/mol.